The summed E-state index contributed by atoms with van der Waals surface area (Å²) in [6, 6.07) is 15.1. The molecule has 0 aliphatic heterocycles. The number of carbonyl (C=O) groups excluding carboxylic acids is 1. The van der Waals surface area contributed by atoms with Gasteiger partial charge in [0.05, 0.1) is 4.92 Å². The third-order valence-corrected chi connectivity index (χ3v) is 3.96. The quantitative estimate of drug-likeness (QED) is 0.388. The lowest BCUT2D eigenvalue weighted by atomic mass is 10.1. The van der Waals surface area contributed by atoms with Crippen LogP contribution < -0.4 is 0 Å². The molecule has 2 rings (SSSR count). The fourth-order valence-electron chi connectivity index (χ4n) is 1.74. The molecule has 0 N–H and O–H groups in total. The standard InChI is InChI=1S/C9H8BrNO2.C9H9BrO.CH4/c1-7(11(12)13)6-8-2-4-9(10)5-3-8;1-7(11)6-8-2-4-9(10)5-3-8;/h2-6H,1H3;2-5H,6H2,1H3;1H4/b7-6-;;. The first-order valence-electron chi connectivity index (χ1n) is 7.10. The van der Waals surface area contributed by atoms with E-state index in [-0.39, 0.29) is 18.9 Å². The largest absolute Gasteiger partial charge is 0.300 e. The summed E-state index contributed by atoms with van der Waals surface area (Å²) in [5, 5.41) is 10.3. The Morgan fingerprint density at radius 2 is 1.44 bits per heavy atom. The molecule has 25 heavy (non-hydrogen) atoms. The topological polar surface area (TPSA) is 60.2 Å². The van der Waals surface area contributed by atoms with Crippen LogP contribution in [0.2, 0.25) is 0 Å². The first-order valence-corrected chi connectivity index (χ1v) is 8.68. The Kier molecular flexibility index (Phi) is 10.9. The van der Waals surface area contributed by atoms with Gasteiger partial charge in [-0.1, -0.05) is 63.6 Å². The van der Waals surface area contributed by atoms with Gasteiger partial charge in [-0.25, -0.2) is 0 Å². The summed E-state index contributed by atoms with van der Waals surface area (Å²) in [5.74, 6) is 0.201. The number of allylic oxidation sites excluding steroid dienone is 1. The predicted octanol–water partition coefficient (Wildman–Crippen LogP) is 6.30. The summed E-state index contributed by atoms with van der Waals surface area (Å²) in [7, 11) is 0. The second-order valence-corrected chi connectivity index (χ2v) is 6.93. The van der Waals surface area contributed by atoms with Gasteiger partial charge in [0.1, 0.15) is 5.78 Å². The number of nitro groups is 1. The first-order chi connectivity index (χ1) is 11.3. The highest BCUT2D eigenvalue weighted by Gasteiger charge is 2.01. The van der Waals surface area contributed by atoms with Gasteiger partial charge in [0, 0.05) is 28.4 Å². The Morgan fingerprint density at radius 3 is 1.84 bits per heavy atom. The zero-order valence-corrected chi connectivity index (χ0v) is 16.5. The number of hydrogen-bond acceptors (Lipinski definition) is 3. The van der Waals surface area contributed by atoms with Gasteiger partial charge in [0.2, 0.25) is 5.70 Å². The number of benzene rings is 2. The molecule has 2 aromatic carbocycles. The molecule has 0 radical (unpaired) electrons. The summed E-state index contributed by atoms with van der Waals surface area (Å²) in [6.45, 7) is 3.07. The maximum Gasteiger partial charge on any atom is 0.243 e. The molecule has 0 heterocycles. The maximum atomic E-state index is 10.7. The third kappa shape index (κ3) is 9.94. The number of rotatable bonds is 4. The zero-order chi connectivity index (χ0) is 18.1. The second kappa shape index (κ2) is 11.7. The van der Waals surface area contributed by atoms with E-state index in [1.54, 1.807) is 6.92 Å². The number of Topliss-reactive ketones (excluding diaryl/α,β-unsaturated/α-hetero) is 1. The van der Waals surface area contributed by atoms with Gasteiger partial charge >= 0.3 is 0 Å². The van der Waals surface area contributed by atoms with Crippen molar-refractivity contribution in [2.75, 3.05) is 0 Å². The number of nitrogens with zero attached hydrogens (tertiary/aromatic N) is 1. The van der Waals surface area contributed by atoms with Crippen LogP contribution in [0.3, 0.4) is 0 Å². The first kappa shape index (κ1) is 23.2. The number of ketones is 1. The Morgan fingerprint density at radius 1 is 1.00 bits per heavy atom. The van der Waals surface area contributed by atoms with Crippen molar-refractivity contribution in [3.63, 3.8) is 0 Å². The van der Waals surface area contributed by atoms with Crippen molar-refractivity contribution in [2.24, 2.45) is 0 Å². The molecule has 0 saturated heterocycles. The summed E-state index contributed by atoms with van der Waals surface area (Å²) in [5.41, 5.74) is 2.04. The van der Waals surface area contributed by atoms with E-state index in [4.69, 9.17) is 0 Å². The second-order valence-electron chi connectivity index (χ2n) is 5.10. The van der Waals surface area contributed by atoms with E-state index in [2.05, 4.69) is 31.9 Å². The van der Waals surface area contributed by atoms with Crippen LogP contribution in [0.1, 0.15) is 32.4 Å². The van der Waals surface area contributed by atoms with Crippen LogP contribution in [0, 0.1) is 10.1 Å². The molecule has 0 aliphatic carbocycles. The van der Waals surface area contributed by atoms with Crippen molar-refractivity contribution in [1.82, 2.24) is 0 Å². The highest BCUT2D eigenvalue weighted by molar-refractivity contribution is 9.10. The Labute approximate surface area is 165 Å². The SMILES string of the molecule is C.C/C(=C/c1ccc(Br)cc1)[N+](=O)[O-].CC(=O)Cc1ccc(Br)cc1. The summed E-state index contributed by atoms with van der Waals surface area (Å²) >= 11 is 6.61. The van der Waals surface area contributed by atoms with Gasteiger partial charge in [-0.3, -0.25) is 14.9 Å². The third-order valence-electron chi connectivity index (χ3n) is 2.90. The van der Waals surface area contributed by atoms with Crippen molar-refractivity contribution in [1.29, 1.82) is 0 Å². The van der Waals surface area contributed by atoms with Crippen LogP contribution in [0.4, 0.5) is 0 Å². The van der Waals surface area contributed by atoms with Crippen LogP contribution in [-0.2, 0) is 11.2 Å². The van der Waals surface area contributed by atoms with Crippen molar-refractivity contribution in [3.8, 4) is 0 Å². The van der Waals surface area contributed by atoms with Crippen LogP contribution >= 0.6 is 31.9 Å². The van der Waals surface area contributed by atoms with Crippen LogP contribution in [0.25, 0.3) is 6.08 Å². The molecule has 4 nitrogen and oxygen atoms in total. The molecule has 0 saturated carbocycles. The van der Waals surface area contributed by atoms with E-state index in [9.17, 15) is 14.9 Å². The normalized spacial score (nSPS) is 10.2. The monoisotopic (exact) mass is 469 g/mol. The Hall–Kier alpha value is -1.79. The van der Waals surface area contributed by atoms with E-state index in [0.717, 1.165) is 20.1 Å². The number of halogens is 2. The van der Waals surface area contributed by atoms with Crippen LogP contribution in [0.5, 0.6) is 0 Å². The highest BCUT2D eigenvalue weighted by atomic mass is 79.9. The smallest absolute Gasteiger partial charge is 0.243 e. The van der Waals surface area contributed by atoms with Gasteiger partial charge < -0.3 is 0 Å². The van der Waals surface area contributed by atoms with E-state index in [1.165, 1.54) is 13.0 Å². The summed E-state index contributed by atoms with van der Waals surface area (Å²) in [4.78, 5) is 20.6. The molecule has 0 fully saturated rings. The predicted molar refractivity (Wildman–Crippen MR) is 110 cm³/mol. The van der Waals surface area contributed by atoms with Crippen molar-refractivity contribution in [3.05, 3.63) is 84.4 Å². The summed E-state index contributed by atoms with van der Waals surface area (Å²) < 4.78 is 2.01. The Balaban J connectivity index is 0.000000449. The molecule has 0 atom stereocenters. The lowest BCUT2D eigenvalue weighted by molar-refractivity contribution is -0.422. The van der Waals surface area contributed by atoms with Gasteiger partial charge in [0.25, 0.3) is 0 Å². The fraction of sp³-hybridized carbons (Fsp3) is 0.211. The van der Waals surface area contributed by atoms with Gasteiger partial charge in [-0.05, 0) is 42.3 Å². The Bertz CT molecular complexity index is 723. The lowest BCUT2D eigenvalue weighted by Gasteiger charge is -1.96. The zero-order valence-electron chi connectivity index (χ0n) is 13.3. The van der Waals surface area contributed by atoms with Crippen LogP contribution in [-0.4, -0.2) is 10.7 Å². The van der Waals surface area contributed by atoms with E-state index in [0.29, 0.717) is 6.42 Å². The van der Waals surface area contributed by atoms with Gasteiger partial charge in [-0.15, -0.1) is 0 Å². The lowest BCUT2D eigenvalue weighted by Crippen LogP contribution is -1.95. The molecule has 0 bridgehead atoms. The minimum Gasteiger partial charge on any atom is -0.300 e. The number of carbonyl (C=O) groups is 1. The molecule has 2 aromatic rings. The van der Waals surface area contributed by atoms with E-state index >= 15 is 0 Å². The molecule has 0 unspecified atom stereocenters. The molecular weight excluding hydrogens is 450 g/mol. The summed E-state index contributed by atoms with van der Waals surface area (Å²) in [6.07, 6.45) is 2.07. The maximum absolute atomic E-state index is 10.7. The van der Waals surface area contributed by atoms with Crippen molar-refractivity contribution >= 4 is 43.7 Å². The van der Waals surface area contributed by atoms with Crippen molar-refractivity contribution in [2.45, 2.75) is 27.7 Å². The molecule has 0 aromatic heterocycles. The van der Waals surface area contributed by atoms with Gasteiger partial charge in [0.15, 0.2) is 0 Å². The molecule has 0 spiro atoms. The fourth-order valence-corrected chi connectivity index (χ4v) is 2.27. The molecule has 6 heteroatoms. The molecule has 134 valence electrons. The number of hydrogen-bond donors (Lipinski definition) is 0. The van der Waals surface area contributed by atoms with Gasteiger partial charge in [-0.2, -0.15) is 0 Å². The minimum absolute atomic E-state index is 0. The average molecular weight is 471 g/mol. The molecule has 0 amide bonds. The van der Waals surface area contributed by atoms with E-state index in [1.807, 2.05) is 48.5 Å². The van der Waals surface area contributed by atoms with Crippen LogP contribution in [0.15, 0.2) is 63.2 Å². The minimum atomic E-state index is -0.401. The molecular formula is C19H21Br2NO3. The average Bonchev–Trinajstić information content (AvgIpc) is 2.52. The highest BCUT2D eigenvalue weighted by Crippen LogP contribution is 2.13. The molecule has 0 aliphatic rings. The van der Waals surface area contributed by atoms with Crippen molar-refractivity contribution < 1.29 is 9.72 Å². The van der Waals surface area contributed by atoms with E-state index < -0.39 is 4.92 Å².